The van der Waals surface area contributed by atoms with Crippen LogP contribution >= 0.6 is 0 Å². The third-order valence-corrected chi connectivity index (χ3v) is 2.40. The maximum atomic E-state index is 4.95. The molecule has 0 aromatic carbocycles. The number of fused-ring (bicyclic) bond motifs is 1. The SMILES string of the molecule is COCCNCCNc1nccn2nccc12. The lowest BCUT2D eigenvalue weighted by atomic mass is 10.4. The van der Waals surface area contributed by atoms with Crippen LogP contribution in [0, 0.1) is 0 Å². The van der Waals surface area contributed by atoms with Gasteiger partial charge in [0.2, 0.25) is 0 Å². The molecule has 0 unspecified atom stereocenters. The van der Waals surface area contributed by atoms with E-state index in [0.717, 1.165) is 37.6 Å². The highest BCUT2D eigenvalue weighted by Gasteiger charge is 2.01. The zero-order valence-electron chi connectivity index (χ0n) is 9.89. The van der Waals surface area contributed by atoms with Gasteiger partial charge in [0, 0.05) is 39.1 Å². The average Bonchev–Trinajstić information content (AvgIpc) is 2.82. The Morgan fingerprint density at radius 2 is 2.24 bits per heavy atom. The van der Waals surface area contributed by atoms with E-state index >= 15 is 0 Å². The minimum atomic E-state index is 0.733. The van der Waals surface area contributed by atoms with Crippen LogP contribution in [-0.2, 0) is 4.74 Å². The van der Waals surface area contributed by atoms with Crippen molar-refractivity contribution in [3.05, 3.63) is 24.7 Å². The van der Waals surface area contributed by atoms with E-state index in [-0.39, 0.29) is 0 Å². The Morgan fingerprint density at radius 1 is 1.29 bits per heavy atom. The number of rotatable bonds is 7. The van der Waals surface area contributed by atoms with Crippen LogP contribution in [0.2, 0.25) is 0 Å². The van der Waals surface area contributed by atoms with E-state index in [4.69, 9.17) is 4.74 Å². The van der Waals surface area contributed by atoms with E-state index in [2.05, 4.69) is 20.7 Å². The minimum Gasteiger partial charge on any atom is -0.383 e. The molecule has 92 valence electrons. The summed E-state index contributed by atoms with van der Waals surface area (Å²) in [6, 6.07) is 1.94. The van der Waals surface area contributed by atoms with Crippen LogP contribution in [0.3, 0.4) is 0 Å². The van der Waals surface area contributed by atoms with Crippen molar-refractivity contribution in [2.45, 2.75) is 0 Å². The number of hydrogen-bond acceptors (Lipinski definition) is 5. The molecular weight excluding hydrogens is 218 g/mol. The van der Waals surface area contributed by atoms with Crippen LogP contribution in [0.4, 0.5) is 5.82 Å². The minimum absolute atomic E-state index is 0.733. The lowest BCUT2D eigenvalue weighted by Crippen LogP contribution is -2.25. The van der Waals surface area contributed by atoms with Gasteiger partial charge in [-0.05, 0) is 6.07 Å². The fraction of sp³-hybridized carbons (Fsp3) is 0.455. The molecule has 6 heteroatoms. The van der Waals surface area contributed by atoms with Gasteiger partial charge in [0.15, 0.2) is 5.82 Å². The maximum Gasteiger partial charge on any atom is 0.152 e. The molecule has 17 heavy (non-hydrogen) atoms. The molecule has 2 rings (SSSR count). The Morgan fingerprint density at radius 3 is 3.12 bits per heavy atom. The summed E-state index contributed by atoms with van der Waals surface area (Å²) < 4.78 is 6.75. The molecule has 0 aliphatic rings. The van der Waals surface area contributed by atoms with Crippen molar-refractivity contribution in [2.75, 3.05) is 38.7 Å². The molecule has 0 saturated heterocycles. The lowest BCUT2D eigenvalue weighted by Gasteiger charge is -2.07. The highest BCUT2D eigenvalue weighted by molar-refractivity contribution is 5.66. The first-order chi connectivity index (χ1) is 8.42. The summed E-state index contributed by atoms with van der Waals surface area (Å²) in [5, 5.41) is 10.7. The molecule has 2 heterocycles. The summed E-state index contributed by atoms with van der Waals surface area (Å²) in [5.74, 6) is 0.860. The largest absolute Gasteiger partial charge is 0.383 e. The third kappa shape index (κ3) is 3.15. The van der Waals surface area contributed by atoms with Gasteiger partial charge in [-0.1, -0.05) is 0 Å². The summed E-state index contributed by atoms with van der Waals surface area (Å²) in [6.45, 7) is 3.29. The number of anilines is 1. The molecule has 0 spiro atoms. The number of aromatic nitrogens is 3. The fourth-order valence-corrected chi connectivity index (χ4v) is 1.56. The lowest BCUT2D eigenvalue weighted by molar-refractivity contribution is 0.200. The highest BCUT2D eigenvalue weighted by atomic mass is 16.5. The first kappa shape index (κ1) is 11.8. The van der Waals surface area contributed by atoms with Crippen molar-refractivity contribution in [2.24, 2.45) is 0 Å². The molecule has 6 nitrogen and oxygen atoms in total. The Balaban J connectivity index is 1.80. The monoisotopic (exact) mass is 235 g/mol. The van der Waals surface area contributed by atoms with E-state index < -0.39 is 0 Å². The second-order valence-electron chi connectivity index (χ2n) is 3.61. The number of methoxy groups -OCH3 is 1. The summed E-state index contributed by atoms with van der Waals surface area (Å²) in [5.41, 5.74) is 0.990. The Kier molecular flexibility index (Phi) is 4.29. The summed E-state index contributed by atoms with van der Waals surface area (Å²) in [7, 11) is 1.70. The van der Waals surface area contributed by atoms with Crippen molar-refractivity contribution in [1.82, 2.24) is 19.9 Å². The number of ether oxygens (including phenoxy) is 1. The van der Waals surface area contributed by atoms with Crippen molar-refractivity contribution in [3.8, 4) is 0 Å². The summed E-state index contributed by atoms with van der Waals surface area (Å²) in [4.78, 5) is 4.29. The predicted molar refractivity (Wildman–Crippen MR) is 66.2 cm³/mol. The molecule has 2 aromatic rings. The maximum absolute atomic E-state index is 4.95. The first-order valence-corrected chi connectivity index (χ1v) is 5.63. The molecule has 0 aliphatic heterocycles. The van der Waals surface area contributed by atoms with Gasteiger partial charge >= 0.3 is 0 Å². The molecule has 2 aromatic heterocycles. The molecule has 0 atom stereocenters. The highest BCUT2D eigenvalue weighted by Crippen LogP contribution is 2.11. The molecule has 0 radical (unpaired) electrons. The van der Waals surface area contributed by atoms with Gasteiger partial charge in [-0.2, -0.15) is 5.10 Å². The van der Waals surface area contributed by atoms with Crippen LogP contribution in [-0.4, -0.2) is 47.9 Å². The third-order valence-electron chi connectivity index (χ3n) is 2.40. The molecule has 0 bridgehead atoms. The second kappa shape index (κ2) is 6.17. The molecular formula is C11H17N5O. The van der Waals surface area contributed by atoms with Gasteiger partial charge in [0.25, 0.3) is 0 Å². The fourth-order valence-electron chi connectivity index (χ4n) is 1.56. The van der Waals surface area contributed by atoms with Gasteiger partial charge < -0.3 is 15.4 Å². The van der Waals surface area contributed by atoms with Crippen molar-refractivity contribution in [3.63, 3.8) is 0 Å². The quantitative estimate of drug-likeness (QED) is 0.679. The van der Waals surface area contributed by atoms with Gasteiger partial charge in [0.05, 0.1) is 12.8 Å². The van der Waals surface area contributed by atoms with Crippen LogP contribution in [0.25, 0.3) is 5.52 Å². The Labute approximate surface area is 100.0 Å². The zero-order chi connectivity index (χ0) is 11.9. The van der Waals surface area contributed by atoms with Crippen molar-refractivity contribution < 1.29 is 4.74 Å². The van der Waals surface area contributed by atoms with Gasteiger partial charge in [-0.3, -0.25) is 0 Å². The molecule has 0 saturated carbocycles. The van der Waals surface area contributed by atoms with E-state index in [1.807, 2.05) is 12.3 Å². The molecule has 0 fully saturated rings. The topological polar surface area (TPSA) is 63.5 Å². The Bertz CT molecular complexity index is 456. The number of nitrogens with one attached hydrogen (secondary N) is 2. The smallest absolute Gasteiger partial charge is 0.152 e. The average molecular weight is 235 g/mol. The Hall–Kier alpha value is -1.66. The first-order valence-electron chi connectivity index (χ1n) is 5.63. The van der Waals surface area contributed by atoms with E-state index in [9.17, 15) is 0 Å². The summed E-state index contributed by atoms with van der Waals surface area (Å²) in [6.07, 6.45) is 5.33. The standard InChI is InChI=1S/C11H17N5O/c1-17-9-7-12-4-5-13-11-10-2-3-15-16(10)8-6-14-11/h2-3,6,8,12H,4-5,7,9H2,1H3,(H,13,14). The van der Waals surface area contributed by atoms with E-state index in [1.54, 1.807) is 24.0 Å². The second-order valence-corrected chi connectivity index (χ2v) is 3.61. The van der Waals surface area contributed by atoms with Crippen LogP contribution < -0.4 is 10.6 Å². The van der Waals surface area contributed by atoms with Crippen LogP contribution in [0.5, 0.6) is 0 Å². The zero-order valence-corrected chi connectivity index (χ0v) is 9.89. The number of hydrogen-bond donors (Lipinski definition) is 2. The molecule has 0 aliphatic carbocycles. The van der Waals surface area contributed by atoms with Gasteiger partial charge in [-0.15, -0.1) is 0 Å². The van der Waals surface area contributed by atoms with Crippen molar-refractivity contribution in [1.29, 1.82) is 0 Å². The van der Waals surface area contributed by atoms with Gasteiger partial charge in [0.1, 0.15) is 5.52 Å². The number of nitrogens with zero attached hydrogens (tertiary/aromatic N) is 3. The normalized spacial score (nSPS) is 10.9. The molecule has 0 amide bonds. The van der Waals surface area contributed by atoms with Crippen molar-refractivity contribution >= 4 is 11.3 Å². The summed E-state index contributed by atoms with van der Waals surface area (Å²) >= 11 is 0. The van der Waals surface area contributed by atoms with Crippen LogP contribution in [0.15, 0.2) is 24.7 Å². The van der Waals surface area contributed by atoms with E-state index in [1.165, 1.54) is 0 Å². The predicted octanol–water partition coefficient (Wildman–Crippen LogP) is 0.377. The van der Waals surface area contributed by atoms with E-state index in [0.29, 0.717) is 0 Å². The van der Waals surface area contributed by atoms with Crippen LogP contribution in [0.1, 0.15) is 0 Å². The molecule has 2 N–H and O–H groups in total. The van der Waals surface area contributed by atoms with Gasteiger partial charge in [-0.25, -0.2) is 9.50 Å².